The van der Waals surface area contributed by atoms with Crippen LogP contribution in [0.3, 0.4) is 0 Å². The summed E-state index contributed by atoms with van der Waals surface area (Å²) in [5.41, 5.74) is 6.38. The fourth-order valence-electron chi connectivity index (χ4n) is 1.77. The molecule has 1 aromatic rings. The van der Waals surface area contributed by atoms with Crippen LogP contribution in [-0.4, -0.2) is 29.0 Å². The minimum atomic E-state index is -1.08. The number of nitrogens with one attached hydrogen (secondary N) is 2. The molecule has 0 aliphatic rings. The van der Waals surface area contributed by atoms with Gasteiger partial charge in [-0.1, -0.05) is 6.07 Å². The highest BCUT2D eigenvalue weighted by Gasteiger charge is 2.16. The third kappa shape index (κ3) is 6.25. The van der Waals surface area contributed by atoms with E-state index in [1.54, 1.807) is 6.92 Å². The van der Waals surface area contributed by atoms with Crippen molar-refractivity contribution in [3.63, 3.8) is 0 Å². The largest absolute Gasteiger partial charge is 0.481 e. The van der Waals surface area contributed by atoms with Gasteiger partial charge in [0.2, 0.25) is 5.91 Å². The van der Waals surface area contributed by atoms with Crippen molar-refractivity contribution < 1.29 is 24.2 Å². The average Bonchev–Trinajstić information content (AvgIpc) is 2.41. The van der Waals surface area contributed by atoms with Crippen molar-refractivity contribution in [3.05, 3.63) is 29.3 Å². The maximum absolute atomic E-state index is 11.8. The summed E-state index contributed by atoms with van der Waals surface area (Å²) >= 11 is 0. The van der Waals surface area contributed by atoms with Gasteiger partial charge in [0.15, 0.2) is 6.10 Å². The molecule has 0 aromatic heterocycles. The van der Waals surface area contributed by atoms with Crippen molar-refractivity contribution in [3.8, 4) is 5.75 Å². The number of carboxylic acids is 1. The third-order valence-corrected chi connectivity index (χ3v) is 2.77. The summed E-state index contributed by atoms with van der Waals surface area (Å²) in [7, 11) is 0. The smallest absolute Gasteiger partial charge is 0.303 e. The lowest BCUT2D eigenvalue weighted by atomic mass is 10.1. The molecule has 0 saturated carbocycles. The lowest BCUT2D eigenvalue weighted by molar-refractivity contribution is -0.139. The number of hydrazine groups is 1. The van der Waals surface area contributed by atoms with Crippen LogP contribution in [-0.2, 0) is 14.4 Å². The number of hydrogen-bond donors (Lipinski definition) is 3. The fraction of sp³-hybridized carbons (Fsp3) is 0.400. The van der Waals surface area contributed by atoms with Crippen LogP contribution in [0.4, 0.5) is 0 Å². The second-order valence-corrected chi connectivity index (χ2v) is 5.01. The average molecular weight is 308 g/mol. The second-order valence-electron chi connectivity index (χ2n) is 5.01. The predicted molar refractivity (Wildman–Crippen MR) is 79.2 cm³/mol. The normalized spacial score (nSPS) is 11.4. The first-order chi connectivity index (χ1) is 10.3. The Labute approximate surface area is 128 Å². The van der Waals surface area contributed by atoms with E-state index in [0.29, 0.717) is 5.75 Å². The first-order valence-corrected chi connectivity index (χ1v) is 6.83. The summed E-state index contributed by atoms with van der Waals surface area (Å²) in [6.45, 7) is 5.40. The van der Waals surface area contributed by atoms with Crippen molar-refractivity contribution in [2.45, 2.75) is 39.7 Å². The van der Waals surface area contributed by atoms with E-state index in [9.17, 15) is 14.4 Å². The van der Waals surface area contributed by atoms with E-state index >= 15 is 0 Å². The van der Waals surface area contributed by atoms with Crippen molar-refractivity contribution in [1.29, 1.82) is 0 Å². The summed E-state index contributed by atoms with van der Waals surface area (Å²) in [6.07, 6.45) is -1.31. The monoisotopic (exact) mass is 308 g/mol. The van der Waals surface area contributed by atoms with E-state index in [1.165, 1.54) is 0 Å². The van der Waals surface area contributed by atoms with Gasteiger partial charge < -0.3 is 9.84 Å². The van der Waals surface area contributed by atoms with Crippen LogP contribution in [0.15, 0.2) is 18.2 Å². The Hall–Kier alpha value is -2.57. The lowest BCUT2D eigenvalue weighted by Gasteiger charge is -2.16. The van der Waals surface area contributed by atoms with Crippen LogP contribution in [0.1, 0.15) is 30.9 Å². The zero-order chi connectivity index (χ0) is 16.7. The third-order valence-electron chi connectivity index (χ3n) is 2.77. The molecule has 0 unspecified atom stereocenters. The van der Waals surface area contributed by atoms with Crippen molar-refractivity contribution in [2.75, 3.05) is 0 Å². The van der Waals surface area contributed by atoms with E-state index in [0.717, 1.165) is 11.1 Å². The van der Waals surface area contributed by atoms with E-state index in [1.807, 2.05) is 32.0 Å². The Bertz CT molecular complexity index is 551. The molecule has 0 radical (unpaired) electrons. The summed E-state index contributed by atoms with van der Waals surface area (Å²) in [6, 6.07) is 5.60. The topological polar surface area (TPSA) is 105 Å². The van der Waals surface area contributed by atoms with Gasteiger partial charge in [0.25, 0.3) is 5.91 Å². The maximum atomic E-state index is 11.8. The first-order valence-electron chi connectivity index (χ1n) is 6.83. The quantitative estimate of drug-likeness (QED) is 0.682. The minimum Gasteiger partial charge on any atom is -0.481 e. The molecular weight excluding hydrogens is 288 g/mol. The number of carbonyl (C=O) groups is 3. The molecule has 1 atom stereocenters. The van der Waals surface area contributed by atoms with Gasteiger partial charge >= 0.3 is 5.97 Å². The van der Waals surface area contributed by atoms with E-state index in [2.05, 4.69) is 10.9 Å². The summed E-state index contributed by atoms with van der Waals surface area (Å²) < 4.78 is 5.51. The summed E-state index contributed by atoms with van der Waals surface area (Å²) in [5, 5.41) is 8.45. The minimum absolute atomic E-state index is 0.206. The molecule has 1 rings (SSSR count). The highest BCUT2D eigenvalue weighted by molar-refractivity contribution is 5.85. The van der Waals surface area contributed by atoms with Crippen LogP contribution in [0.5, 0.6) is 5.75 Å². The number of benzene rings is 1. The first kappa shape index (κ1) is 17.5. The zero-order valence-corrected chi connectivity index (χ0v) is 12.8. The van der Waals surface area contributed by atoms with Crippen molar-refractivity contribution in [2.24, 2.45) is 0 Å². The SMILES string of the molecule is Cc1cc(C)cc(O[C@H](C)C(=O)NNC(=O)CCC(=O)O)c1. The molecule has 0 aliphatic carbocycles. The Morgan fingerprint density at radius 2 is 1.68 bits per heavy atom. The van der Waals surface area contributed by atoms with Gasteiger partial charge in [-0.15, -0.1) is 0 Å². The lowest BCUT2D eigenvalue weighted by Crippen LogP contribution is -2.47. The van der Waals surface area contributed by atoms with E-state index in [4.69, 9.17) is 9.84 Å². The molecule has 22 heavy (non-hydrogen) atoms. The number of carboxylic acid groups (broad SMARTS) is 1. The molecule has 1 aromatic carbocycles. The van der Waals surface area contributed by atoms with Crippen molar-refractivity contribution >= 4 is 17.8 Å². The molecule has 0 spiro atoms. The van der Waals surface area contributed by atoms with Crippen molar-refractivity contribution in [1.82, 2.24) is 10.9 Å². The maximum Gasteiger partial charge on any atom is 0.303 e. The molecule has 2 amide bonds. The number of aliphatic carboxylic acids is 1. The second kappa shape index (κ2) is 8.02. The van der Waals surface area contributed by atoms with Gasteiger partial charge in [0.05, 0.1) is 6.42 Å². The molecule has 0 aliphatic heterocycles. The van der Waals surface area contributed by atoms with Crippen LogP contribution >= 0.6 is 0 Å². The molecule has 3 N–H and O–H groups in total. The Morgan fingerprint density at radius 1 is 1.09 bits per heavy atom. The van der Waals surface area contributed by atoms with Crippen LogP contribution < -0.4 is 15.6 Å². The Balaban J connectivity index is 2.44. The van der Waals surface area contributed by atoms with Gasteiger partial charge in [0, 0.05) is 6.42 Å². The van der Waals surface area contributed by atoms with E-state index in [-0.39, 0.29) is 12.8 Å². The van der Waals surface area contributed by atoms with Gasteiger partial charge in [-0.3, -0.25) is 25.2 Å². The number of aryl methyl sites for hydroxylation is 2. The molecule has 0 saturated heterocycles. The number of amides is 2. The standard InChI is InChI=1S/C15H20N2O5/c1-9-6-10(2)8-12(7-9)22-11(3)15(21)17-16-13(18)4-5-14(19)20/h6-8,11H,4-5H2,1-3H3,(H,16,18)(H,17,21)(H,19,20)/t11-/m1/s1. The predicted octanol–water partition coefficient (Wildman–Crippen LogP) is 1.08. The van der Waals surface area contributed by atoms with Crippen LogP contribution in [0.2, 0.25) is 0 Å². The Kier molecular flexibility index (Phi) is 6.37. The summed E-state index contributed by atoms with van der Waals surface area (Å²) in [5.74, 6) is -1.61. The molecule has 0 heterocycles. The molecule has 7 heteroatoms. The van der Waals surface area contributed by atoms with E-state index < -0.39 is 23.9 Å². The van der Waals surface area contributed by atoms with Gasteiger partial charge in [0.1, 0.15) is 5.75 Å². The highest BCUT2D eigenvalue weighted by atomic mass is 16.5. The zero-order valence-electron chi connectivity index (χ0n) is 12.8. The molecule has 0 bridgehead atoms. The molecule has 120 valence electrons. The number of carbonyl (C=O) groups excluding carboxylic acids is 2. The Morgan fingerprint density at radius 3 is 2.23 bits per heavy atom. The van der Waals surface area contributed by atoms with Gasteiger partial charge in [-0.25, -0.2) is 0 Å². The number of hydrogen-bond acceptors (Lipinski definition) is 4. The summed E-state index contributed by atoms with van der Waals surface area (Å²) in [4.78, 5) is 33.4. The molecular formula is C15H20N2O5. The van der Waals surface area contributed by atoms with Crippen LogP contribution in [0.25, 0.3) is 0 Å². The highest BCUT2D eigenvalue weighted by Crippen LogP contribution is 2.17. The van der Waals surface area contributed by atoms with Gasteiger partial charge in [-0.05, 0) is 44.0 Å². The molecule has 0 fully saturated rings. The number of ether oxygens (including phenoxy) is 1. The molecule has 7 nitrogen and oxygen atoms in total. The van der Waals surface area contributed by atoms with Crippen LogP contribution in [0, 0.1) is 13.8 Å². The van der Waals surface area contributed by atoms with Gasteiger partial charge in [-0.2, -0.15) is 0 Å². The fourth-order valence-corrected chi connectivity index (χ4v) is 1.77. The number of rotatable bonds is 6.